The summed E-state index contributed by atoms with van der Waals surface area (Å²) >= 11 is 0. The van der Waals surface area contributed by atoms with Crippen molar-refractivity contribution in [2.45, 2.75) is 47.1 Å². The van der Waals surface area contributed by atoms with E-state index >= 15 is 0 Å². The maximum atomic E-state index is 12.9. The molecule has 28 heavy (non-hydrogen) atoms. The Morgan fingerprint density at radius 2 is 1.46 bits per heavy atom. The van der Waals surface area contributed by atoms with E-state index in [2.05, 4.69) is 24.5 Å². The van der Waals surface area contributed by atoms with E-state index < -0.39 is 5.41 Å². The molecule has 0 bridgehead atoms. The second-order valence-corrected chi connectivity index (χ2v) is 7.23. The fourth-order valence-electron chi connectivity index (χ4n) is 3.02. The van der Waals surface area contributed by atoms with Gasteiger partial charge in [0.25, 0.3) is 0 Å². The van der Waals surface area contributed by atoms with Crippen LogP contribution < -0.4 is 15.4 Å². The Morgan fingerprint density at radius 3 is 2.04 bits per heavy atom. The summed E-state index contributed by atoms with van der Waals surface area (Å²) in [5.74, 6) is 0.0538. The second-order valence-electron chi connectivity index (χ2n) is 7.23. The van der Waals surface area contributed by atoms with Crippen molar-refractivity contribution in [3.8, 4) is 5.75 Å². The number of amides is 2. The molecule has 2 aromatic rings. The first kappa shape index (κ1) is 21.5. The monoisotopic (exact) mass is 382 g/mol. The molecule has 5 nitrogen and oxygen atoms in total. The van der Waals surface area contributed by atoms with Crippen molar-refractivity contribution in [2.75, 3.05) is 12.4 Å². The Balaban J connectivity index is 2.13. The molecule has 0 spiro atoms. The van der Waals surface area contributed by atoms with Crippen LogP contribution in [-0.4, -0.2) is 18.9 Å². The van der Waals surface area contributed by atoms with Crippen LogP contribution in [0.4, 0.5) is 5.69 Å². The van der Waals surface area contributed by atoms with Gasteiger partial charge < -0.3 is 15.4 Å². The van der Waals surface area contributed by atoms with Crippen LogP contribution in [0.1, 0.15) is 44.4 Å². The van der Waals surface area contributed by atoms with E-state index in [0.717, 1.165) is 35.2 Å². The number of carbonyl (C=O) groups excluding carboxylic acids is 2. The van der Waals surface area contributed by atoms with Gasteiger partial charge in [0.15, 0.2) is 0 Å². The zero-order valence-corrected chi connectivity index (χ0v) is 17.4. The van der Waals surface area contributed by atoms with Crippen molar-refractivity contribution in [1.29, 1.82) is 0 Å². The first-order valence-electron chi connectivity index (χ1n) is 9.67. The van der Waals surface area contributed by atoms with Gasteiger partial charge in [-0.15, -0.1) is 0 Å². The third-order valence-corrected chi connectivity index (χ3v) is 5.00. The highest BCUT2D eigenvalue weighted by atomic mass is 16.5. The van der Waals surface area contributed by atoms with Gasteiger partial charge in [0.05, 0.1) is 7.11 Å². The summed E-state index contributed by atoms with van der Waals surface area (Å²) in [6, 6.07) is 13.5. The van der Waals surface area contributed by atoms with Crippen molar-refractivity contribution < 1.29 is 14.3 Å². The summed E-state index contributed by atoms with van der Waals surface area (Å²) in [7, 11) is 1.59. The topological polar surface area (TPSA) is 67.4 Å². The van der Waals surface area contributed by atoms with Crippen molar-refractivity contribution in [1.82, 2.24) is 5.32 Å². The van der Waals surface area contributed by atoms with Crippen molar-refractivity contribution in [3.05, 3.63) is 59.2 Å². The molecule has 0 fully saturated rings. The van der Waals surface area contributed by atoms with E-state index in [0.29, 0.717) is 12.3 Å². The van der Waals surface area contributed by atoms with Crippen molar-refractivity contribution in [3.63, 3.8) is 0 Å². The summed E-state index contributed by atoms with van der Waals surface area (Å²) in [5, 5.41) is 5.86. The molecule has 2 aromatic carbocycles. The number of anilines is 1. The smallest absolute Gasteiger partial charge is 0.239 e. The molecule has 2 N–H and O–H groups in total. The van der Waals surface area contributed by atoms with E-state index in [1.165, 1.54) is 0 Å². The van der Waals surface area contributed by atoms with Gasteiger partial charge in [-0.05, 0) is 43.9 Å². The summed E-state index contributed by atoms with van der Waals surface area (Å²) in [4.78, 5) is 25.7. The summed E-state index contributed by atoms with van der Waals surface area (Å²) in [6.45, 7) is 7.68. The predicted molar refractivity (Wildman–Crippen MR) is 112 cm³/mol. The average molecular weight is 383 g/mol. The van der Waals surface area contributed by atoms with E-state index in [9.17, 15) is 9.59 Å². The Labute approximate surface area is 167 Å². The van der Waals surface area contributed by atoms with E-state index in [1.54, 1.807) is 21.0 Å². The van der Waals surface area contributed by atoms with Crippen molar-refractivity contribution >= 4 is 17.5 Å². The molecule has 0 saturated carbocycles. The number of hydrogen-bond acceptors (Lipinski definition) is 3. The third-order valence-electron chi connectivity index (χ3n) is 5.00. The van der Waals surface area contributed by atoms with Crippen LogP contribution in [0.5, 0.6) is 5.75 Å². The largest absolute Gasteiger partial charge is 0.496 e. The van der Waals surface area contributed by atoms with Crippen LogP contribution in [-0.2, 0) is 29.0 Å². The standard InChI is InChI=1S/C23H30N2O3/c1-6-16-12-10-13-17(7-2)20(16)25-22(27)23(3,4)21(26)24-15-18-11-8-9-14-19(18)28-5/h8-14H,6-7,15H2,1-5H3,(H,24,26)(H,25,27). The Morgan fingerprint density at radius 1 is 0.893 bits per heavy atom. The molecule has 0 aliphatic carbocycles. The molecule has 2 rings (SSSR count). The predicted octanol–water partition coefficient (Wildman–Crippen LogP) is 4.10. The van der Waals surface area contributed by atoms with Crippen LogP contribution in [0.15, 0.2) is 42.5 Å². The zero-order valence-electron chi connectivity index (χ0n) is 17.4. The maximum Gasteiger partial charge on any atom is 0.239 e. The van der Waals surface area contributed by atoms with Gasteiger partial charge in [0.2, 0.25) is 11.8 Å². The molecule has 0 atom stereocenters. The molecule has 0 aliphatic heterocycles. The minimum atomic E-state index is -1.21. The Bertz CT molecular complexity index is 821. The van der Waals surface area contributed by atoms with Crippen LogP contribution in [0.2, 0.25) is 0 Å². The highest BCUT2D eigenvalue weighted by molar-refractivity contribution is 6.10. The maximum absolute atomic E-state index is 12.9. The molecule has 0 heterocycles. The highest BCUT2D eigenvalue weighted by Gasteiger charge is 2.36. The van der Waals surface area contributed by atoms with E-state index in [1.807, 2.05) is 42.5 Å². The van der Waals surface area contributed by atoms with Crippen LogP contribution in [0, 0.1) is 5.41 Å². The van der Waals surface area contributed by atoms with Gasteiger partial charge in [0, 0.05) is 17.8 Å². The van der Waals surface area contributed by atoms with Crippen LogP contribution in [0.3, 0.4) is 0 Å². The lowest BCUT2D eigenvalue weighted by Gasteiger charge is -2.24. The third kappa shape index (κ3) is 4.71. The molecule has 5 heteroatoms. The second kappa shape index (κ2) is 9.40. The van der Waals surface area contributed by atoms with Crippen LogP contribution >= 0.6 is 0 Å². The average Bonchev–Trinajstić information content (AvgIpc) is 2.71. The Kier molecular flexibility index (Phi) is 7.21. The number of hydrogen-bond donors (Lipinski definition) is 2. The molecule has 150 valence electrons. The first-order chi connectivity index (χ1) is 13.3. The fourth-order valence-corrected chi connectivity index (χ4v) is 3.02. The molecular formula is C23H30N2O3. The number of rotatable bonds is 8. The minimum absolute atomic E-state index is 0.297. The van der Waals surface area contributed by atoms with Gasteiger partial charge >= 0.3 is 0 Å². The highest BCUT2D eigenvalue weighted by Crippen LogP contribution is 2.26. The lowest BCUT2D eigenvalue weighted by atomic mass is 9.90. The lowest BCUT2D eigenvalue weighted by molar-refractivity contribution is -0.138. The SMILES string of the molecule is CCc1cccc(CC)c1NC(=O)C(C)(C)C(=O)NCc1ccccc1OC. The summed E-state index contributed by atoms with van der Waals surface area (Å²) < 4.78 is 5.31. The van der Waals surface area contributed by atoms with Gasteiger partial charge in [-0.1, -0.05) is 50.2 Å². The zero-order chi connectivity index (χ0) is 20.7. The van der Waals surface area contributed by atoms with Gasteiger partial charge in [-0.2, -0.15) is 0 Å². The number of nitrogens with one attached hydrogen (secondary N) is 2. The normalized spacial score (nSPS) is 11.0. The number of para-hydroxylation sites is 2. The van der Waals surface area contributed by atoms with Crippen molar-refractivity contribution in [2.24, 2.45) is 5.41 Å². The first-order valence-corrected chi connectivity index (χ1v) is 9.67. The molecule has 0 aromatic heterocycles. The van der Waals surface area contributed by atoms with Gasteiger partial charge in [-0.3, -0.25) is 9.59 Å². The van der Waals surface area contributed by atoms with E-state index in [4.69, 9.17) is 4.74 Å². The molecular weight excluding hydrogens is 352 g/mol. The fraction of sp³-hybridized carbons (Fsp3) is 0.391. The lowest BCUT2D eigenvalue weighted by Crippen LogP contribution is -2.45. The minimum Gasteiger partial charge on any atom is -0.496 e. The Hall–Kier alpha value is -2.82. The molecule has 0 unspecified atom stereocenters. The summed E-state index contributed by atoms with van der Waals surface area (Å²) in [5.41, 5.74) is 2.60. The van der Waals surface area contributed by atoms with Crippen LogP contribution in [0.25, 0.3) is 0 Å². The number of methoxy groups -OCH3 is 1. The number of carbonyl (C=O) groups is 2. The van der Waals surface area contributed by atoms with E-state index in [-0.39, 0.29) is 11.8 Å². The molecule has 0 aliphatic rings. The quantitative estimate of drug-likeness (QED) is 0.676. The molecule has 0 radical (unpaired) electrons. The van der Waals surface area contributed by atoms with Gasteiger partial charge in [0.1, 0.15) is 11.2 Å². The summed E-state index contributed by atoms with van der Waals surface area (Å²) in [6.07, 6.45) is 1.62. The molecule has 0 saturated heterocycles. The number of ether oxygens (including phenoxy) is 1. The number of aryl methyl sites for hydroxylation is 2. The van der Waals surface area contributed by atoms with Gasteiger partial charge in [-0.25, -0.2) is 0 Å². The molecule has 2 amide bonds. The number of benzene rings is 2.